The highest BCUT2D eigenvalue weighted by atomic mass is 35.5. The molecule has 0 unspecified atom stereocenters. The third-order valence-electron chi connectivity index (χ3n) is 4.72. The van der Waals surface area contributed by atoms with Crippen LogP contribution in [0.2, 0.25) is 5.02 Å². The molecule has 10 nitrogen and oxygen atoms in total. The monoisotopic (exact) mass is 477 g/mol. The molecule has 2 N–H and O–H groups in total. The molecule has 1 aromatic heterocycles. The molecule has 4 aromatic rings. The molecule has 1 amide bonds. The SMILES string of the molecule is NC(=O)COc1c(C=Nn2c(-c3ccccc3)nc3ccccc3c2=O)cc(Cl)cc1[N+](=O)[O-]. The number of nitro groups is 1. The van der Waals surface area contributed by atoms with Crippen molar-refractivity contribution < 1.29 is 14.5 Å². The lowest BCUT2D eigenvalue weighted by molar-refractivity contribution is -0.385. The van der Waals surface area contributed by atoms with Crippen LogP contribution in [0.25, 0.3) is 22.3 Å². The Morgan fingerprint density at radius 3 is 2.59 bits per heavy atom. The van der Waals surface area contributed by atoms with Gasteiger partial charge in [0.1, 0.15) is 0 Å². The maximum atomic E-state index is 13.3. The van der Waals surface area contributed by atoms with Crippen LogP contribution < -0.4 is 16.0 Å². The average molecular weight is 478 g/mol. The molecule has 34 heavy (non-hydrogen) atoms. The number of ether oxygens (including phenoxy) is 1. The molecule has 0 spiro atoms. The number of aromatic nitrogens is 2. The van der Waals surface area contributed by atoms with Crippen LogP contribution in [0.5, 0.6) is 5.75 Å². The fourth-order valence-electron chi connectivity index (χ4n) is 3.26. The van der Waals surface area contributed by atoms with Gasteiger partial charge in [-0.05, 0) is 18.2 Å². The Labute approximate surface area is 197 Å². The van der Waals surface area contributed by atoms with E-state index in [0.717, 1.165) is 10.7 Å². The number of rotatable bonds is 7. The van der Waals surface area contributed by atoms with Gasteiger partial charge in [0.2, 0.25) is 5.75 Å². The number of benzene rings is 3. The number of nitrogens with two attached hydrogens (primary N) is 1. The van der Waals surface area contributed by atoms with E-state index in [1.165, 1.54) is 12.3 Å². The molecule has 4 rings (SSSR count). The van der Waals surface area contributed by atoms with E-state index in [1.807, 2.05) is 6.07 Å². The number of amides is 1. The molecule has 0 radical (unpaired) electrons. The second-order valence-corrected chi connectivity index (χ2v) is 7.47. The van der Waals surface area contributed by atoms with Crippen molar-refractivity contribution in [1.82, 2.24) is 9.66 Å². The lowest BCUT2D eigenvalue weighted by atomic mass is 10.2. The molecule has 1 heterocycles. The molecule has 0 aliphatic carbocycles. The maximum Gasteiger partial charge on any atom is 0.313 e. The van der Waals surface area contributed by atoms with Gasteiger partial charge in [0, 0.05) is 22.2 Å². The van der Waals surface area contributed by atoms with Crippen molar-refractivity contribution >= 4 is 40.3 Å². The molecular weight excluding hydrogens is 462 g/mol. The van der Waals surface area contributed by atoms with Crippen LogP contribution in [0.15, 0.2) is 76.6 Å². The third-order valence-corrected chi connectivity index (χ3v) is 4.93. The number of nitro benzene ring substituents is 1. The largest absolute Gasteiger partial charge is 0.476 e. The van der Waals surface area contributed by atoms with Crippen molar-refractivity contribution in [2.45, 2.75) is 0 Å². The first-order valence-electron chi connectivity index (χ1n) is 9.86. The van der Waals surface area contributed by atoms with E-state index in [4.69, 9.17) is 22.1 Å². The molecule has 0 fully saturated rings. The number of nitrogens with zero attached hydrogens (tertiary/aromatic N) is 4. The van der Waals surface area contributed by atoms with Crippen LogP contribution in [0, 0.1) is 10.1 Å². The van der Waals surface area contributed by atoms with E-state index in [2.05, 4.69) is 10.1 Å². The van der Waals surface area contributed by atoms with Gasteiger partial charge < -0.3 is 10.5 Å². The van der Waals surface area contributed by atoms with Gasteiger partial charge in [-0.3, -0.25) is 19.7 Å². The summed E-state index contributed by atoms with van der Waals surface area (Å²) in [5.41, 5.74) is 5.38. The highest BCUT2D eigenvalue weighted by Gasteiger charge is 2.21. The maximum absolute atomic E-state index is 13.3. The number of hydrogen-bond acceptors (Lipinski definition) is 7. The Morgan fingerprint density at radius 2 is 1.88 bits per heavy atom. The van der Waals surface area contributed by atoms with E-state index >= 15 is 0 Å². The average Bonchev–Trinajstić information content (AvgIpc) is 2.82. The van der Waals surface area contributed by atoms with Crippen molar-refractivity contribution in [3.05, 3.63) is 97.8 Å². The van der Waals surface area contributed by atoms with Crippen LogP contribution in [0.4, 0.5) is 5.69 Å². The normalized spacial score (nSPS) is 11.1. The summed E-state index contributed by atoms with van der Waals surface area (Å²) in [5, 5.41) is 16.2. The second kappa shape index (κ2) is 9.51. The molecule has 3 aromatic carbocycles. The summed E-state index contributed by atoms with van der Waals surface area (Å²) in [6.07, 6.45) is 1.18. The van der Waals surface area contributed by atoms with Crippen molar-refractivity contribution in [2.75, 3.05) is 6.61 Å². The Hall–Kier alpha value is -4.57. The first-order chi connectivity index (χ1) is 16.3. The Bertz CT molecular complexity index is 1500. The first kappa shape index (κ1) is 22.6. The second-order valence-electron chi connectivity index (χ2n) is 7.04. The van der Waals surface area contributed by atoms with Gasteiger partial charge in [0.05, 0.1) is 22.0 Å². The number of hydrogen-bond donors (Lipinski definition) is 1. The quantitative estimate of drug-likeness (QED) is 0.245. The number of halogens is 1. The minimum atomic E-state index is -0.826. The lowest BCUT2D eigenvalue weighted by Crippen LogP contribution is -2.21. The molecule has 0 aliphatic heterocycles. The fraction of sp³-hybridized carbons (Fsp3) is 0.0435. The van der Waals surface area contributed by atoms with Gasteiger partial charge >= 0.3 is 5.69 Å². The summed E-state index contributed by atoms with van der Waals surface area (Å²) in [4.78, 5) is 39.9. The molecule has 0 saturated carbocycles. The van der Waals surface area contributed by atoms with Crippen molar-refractivity contribution in [3.8, 4) is 17.1 Å². The molecule has 0 bridgehead atoms. The van der Waals surface area contributed by atoms with Gasteiger partial charge in [-0.25, -0.2) is 4.98 Å². The Balaban J connectivity index is 1.92. The molecular formula is C23H16ClN5O5. The zero-order valence-corrected chi connectivity index (χ0v) is 18.2. The Kier molecular flexibility index (Phi) is 6.33. The summed E-state index contributed by atoms with van der Waals surface area (Å²) in [5.74, 6) is -0.829. The Morgan fingerprint density at radius 1 is 1.18 bits per heavy atom. The molecule has 11 heteroatoms. The highest BCUT2D eigenvalue weighted by molar-refractivity contribution is 6.31. The lowest BCUT2D eigenvalue weighted by Gasteiger charge is -2.11. The van der Waals surface area contributed by atoms with Gasteiger partial charge in [0.25, 0.3) is 11.5 Å². The van der Waals surface area contributed by atoms with Gasteiger partial charge in [-0.2, -0.15) is 9.78 Å². The number of carbonyl (C=O) groups excluding carboxylic acids is 1. The van der Waals surface area contributed by atoms with Crippen LogP contribution >= 0.6 is 11.6 Å². The van der Waals surface area contributed by atoms with E-state index in [1.54, 1.807) is 48.5 Å². The predicted molar refractivity (Wildman–Crippen MR) is 127 cm³/mol. The zero-order chi connectivity index (χ0) is 24.2. The van der Waals surface area contributed by atoms with Crippen molar-refractivity contribution in [3.63, 3.8) is 0 Å². The summed E-state index contributed by atoms with van der Waals surface area (Å²) in [6, 6.07) is 18.2. The zero-order valence-electron chi connectivity index (χ0n) is 17.4. The van der Waals surface area contributed by atoms with Crippen LogP contribution in [0.1, 0.15) is 5.56 Å². The third kappa shape index (κ3) is 4.62. The summed E-state index contributed by atoms with van der Waals surface area (Å²) >= 11 is 6.05. The number of carbonyl (C=O) groups is 1. The summed E-state index contributed by atoms with van der Waals surface area (Å²) in [6.45, 7) is -0.601. The molecule has 0 saturated heterocycles. The van der Waals surface area contributed by atoms with Crippen molar-refractivity contribution in [2.24, 2.45) is 10.8 Å². The number of primary amides is 1. The minimum Gasteiger partial charge on any atom is -0.476 e. The molecule has 170 valence electrons. The summed E-state index contributed by atoms with van der Waals surface area (Å²) < 4.78 is 6.37. The van der Waals surface area contributed by atoms with E-state index in [-0.39, 0.29) is 22.2 Å². The number of fused-ring (bicyclic) bond motifs is 1. The molecule has 0 aliphatic rings. The van der Waals surface area contributed by atoms with E-state index in [9.17, 15) is 19.7 Å². The predicted octanol–water partition coefficient (Wildman–Crippen LogP) is 3.37. The first-order valence-corrected chi connectivity index (χ1v) is 10.2. The highest BCUT2D eigenvalue weighted by Crippen LogP contribution is 2.33. The topological polar surface area (TPSA) is 143 Å². The molecule has 0 atom stereocenters. The number of para-hydroxylation sites is 1. The van der Waals surface area contributed by atoms with Gasteiger partial charge in [-0.15, -0.1) is 0 Å². The minimum absolute atomic E-state index is 0.0341. The van der Waals surface area contributed by atoms with Crippen LogP contribution in [-0.2, 0) is 4.79 Å². The standard InChI is InChI=1S/C23H16ClN5O5/c24-16-10-15(21(34-13-20(25)30)19(11-16)29(32)33)12-26-28-22(14-6-2-1-3-7-14)27-18-9-5-4-8-17(18)23(28)31/h1-12H,13H2,(H2,25,30). The van der Waals surface area contributed by atoms with Gasteiger partial charge in [0.15, 0.2) is 12.4 Å². The fourth-order valence-corrected chi connectivity index (χ4v) is 3.48. The van der Waals surface area contributed by atoms with E-state index < -0.39 is 28.7 Å². The van der Waals surface area contributed by atoms with Crippen LogP contribution in [-0.4, -0.2) is 33.3 Å². The smallest absolute Gasteiger partial charge is 0.313 e. The summed E-state index contributed by atoms with van der Waals surface area (Å²) in [7, 11) is 0. The van der Waals surface area contributed by atoms with E-state index in [0.29, 0.717) is 16.5 Å². The van der Waals surface area contributed by atoms with Crippen LogP contribution in [0.3, 0.4) is 0 Å². The van der Waals surface area contributed by atoms with Crippen molar-refractivity contribution in [1.29, 1.82) is 0 Å². The van der Waals surface area contributed by atoms with Gasteiger partial charge in [-0.1, -0.05) is 54.1 Å².